The summed E-state index contributed by atoms with van der Waals surface area (Å²) in [7, 11) is 0. The zero-order valence-electron chi connectivity index (χ0n) is 22.7. The number of allylic oxidation sites excluding steroid dienone is 11. The Kier molecular flexibility index (Phi) is 9.31. The molecule has 0 spiro atoms. The Bertz CT molecular complexity index is 1260. The monoisotopic (exact) mass is 475 g/mol. The van der Waals surface area contributed by atoms with Crippen LogP contribution in [0.3, 0.4) is 0 Å². The highest BCUT2D eigenvalue weighted by atomic mass is 14.9. The quantitative estimate of drug-likeness (QED) is 0.337. The smallest absolute Gasteiger partial charge is 0.0345 e. The van der Waals surface area contributed by atoms with Crippen molar-refractivity contribution in [2.75, 3.05) is 11.9 Å². The highest BCUT2D eigenvalue weighted by Crippen LogP contribution is 2.49. The van der Waals surface area contributed by atoms with E-state index in [0.717, 1.165) is 36.2 Å². The molecule has 0 heterocycles. The van der Waals surface area contributed by atoms with Gasteiger partial charge >= 0.3 is 0 Å². The molecule has 0 radical (unpaired) electrons. The highest BCUT2D eigenvalue weighted by Gasteiger charge is 2.37. The van der Waals surface area contributed by atoms with E-state index in [4.69, 9.17) is 0 Å². The molecule has 1 nitrogen and oxygen atoms in total. The molecule has 0 aliphatic heterocycles. The van der Waals surface area contributed by atoms with E-state index in [1.54, 1.807) is 0 Å². The van der Waals surface area contributed by atoms with Crippen molar-refractivity contribution in [3.63, 3.8) is 0 Å². The highest BCUT2D eigenvalue weighted by molar-refractivity contribution is 5.89. The van der Waals surface area contributed by atoms with Gasteiger partial charge in [-0.1, -0.05) is 113 Å². The molecule has 0 aromatic heterocycles. The fourth-order valence-electron chi connectivity index (χ4n) is 5.21. The van der Waals surface area contributed by atoms with Gasteiger partial charge in [-0.15, -0.1) is 0 Å². The van der Waals surface area contributed by atoms with Gasteiger partial charge in [0.25, 0.3) is 0 Å². The molecule has 186 valence electrons. The van der Waals surface area contributed by atoms with Crippen molar-refractivity contribution in [1.82, 2.24) is 0 Å². The van der Waals surface area contributed by atoms with Crippen LogP contribution >= 0.6 is 0 Å². The largest absolute Gasteiger partial charge is 0.382 e. The van der Waals surface area contributed by atoms with Crippen LogP contribution < -0.4 is 5.32 Å². The normalized spacial score (nSPS) is 17.9. The summed E-state index contributed by atoms with van der Waals surface area (Å²) >= 11 is 0. The lowest BCUT2D eigenvalue weighted by molar-refractivity contribution is 0.658. The third-order valence-electron chi connectivity index (χ3n) is 7.07. The molecule has 36 heavy (non-hydrogen) atoms. The fourth-order valence-corrected chi connectivity index (χ4v) is 5.21. The molecule has 2 aromatic rings. The van der Waals surface area contributed by atoms with Gasteiger partial charge in [0.2, 0.25) is 0 Å². The molecule has 0 bridgehead atoms. The van der Waals surface area contributed by atoms with Crippen LogP contribution in [0.1, 0.15) is 57.7 Å². The predicted octanol–water partition coefficient (Wildman–Crippen LogP) is 9.54. The van der Waals surface area contributed by atoms with E-state index < -0.39 is 0 Å². The lowest BCUT2D eigenvalue weighted by Crippen LogP contribution is -2.15. The zero-order chi connectivity index (χ0) is 26.1. The molecule has 1 aliphatic carbocycles. The Labute approximate surface area is 219 Å². The Morgan fingerprint density at radius 2 is 1.78 bits per heavy atom. The van der Waals surface area contributed by atoms with Crippen LogP contribution in [0, 0.1) is 0 Å². The van der Waals surface area contributed by atoms with Crippen molar-refractivity contribution >= 4 is 11.3 Å². The zero-order valence-corrected chi connectivity index (χ0v) is 22.7. The lowest BCUT2D eigenvalue weighted by Gasteiger charge is -2.22. The second-order valence-electron chi connectivity index (χ2n) is 9.64. The van der Waals surface area contributed by atoms with E-state index in [-0.39, 0.29) is 5.41 Å². The molecule has 0 saturated heterocycles. The van der Waals surface area contributed by atoms with E-state index in [1.807, 2.05) is 19.1 Å². The molecule has 1 heteroatoms. The second kappa shape index (κ2) is 12.4. The molecule has 2 aromatic carbocycles. The average molecular weight is 476 g/mol. The minimum absolute atomic E-state index is 0.0147. The summed E-state index contributed by atoms with van der Waals surface area (Å²) in [5.74, 6) is 0. The molecule has 0 amide bonds. The topological polar surface area (TPSA) is 12.0 Å². The maximum absolute atomic E-state index is 4.04. The van der Waals surface area contributed by atoms with Gasteiger partial charge in [0.15, 0.2) is 0 Å². The summed E-state index contributed by atoms with van der Waals surface area (Å²) in [5, 5.41) is 3.56. The maximum atomic E-state index is 4.04. The molecular formula is C35H41N. The molecule has 1 N–H and O–H groups in total. The van der Waals surface area contributed by atoms with Crippen LogP contribution in [0.5, 0.6) is 0 Å². The van der Waals surface area contributed by atoms with Gasteiger partial charge in [-0.25, -0.2) is 0 Å². The van der Waals surface area contributed by atoms with E-state index in [9.17, 15) is 0 Å². The van der Waals surface area contributed by atoms with Gasteiger partial charge in [0.1, 0.15) is 0 Å². The van der Waals surface area contributed by atoms with Crippen LogP contribution in [0.4, 0.5) is 5.69 Å². The van der Waals surface area contributed by atoms with Crippen LogP contribution in [-0.2, 0) is 11.8 Å². The number of anilines is 1. The molecule has 0 fully saturated rings. The summed E-state index contributed by atoms with van der Waals surface area (Å²) in [5.41, 5.74) is 11.5. The van der Waals surface area contributed by atoms with E-state index >= 15 is 0 Å². The van der Waals surface area contributed by atoms with Gasteiger partial charge in [0, 0.05) is 17.6 Å². The first-order valence-electron chi connectivity index (χ1n) is 13.0. The van der Waals surface area contributed by atoms with Crippen LogP contribution in [-0.4, -0.2) is 6.54 Å². The van der Waals surface area contributed by atoms with Crippen LogP contribution in [0.2, 0.25) is 0 Å². The van der Waals surface area contributed by atoms with Crippen molar-refractivity contribution in [2.45, 2.75) is 52.9 Å². The minimum Gasteiger partial charge on any atom is -0.382 e. The molecule has 0 unspecified atom stereocenters. The molecular weight excluding hydrogens is 434 g/mol. The van der Waals surface area contributed by atoms with Crippen molar-refractivity contribution < 1.29 is 0 Å². The fraction of sp³-hybridized carbons (Fsp3) is 0.257. The third-order valence-corrected chi connectivity index (χ3v) is 7.07. The number of rotatable bonds is 10. The number of hydrogen-bond acceptors (Lipinski definition) is 1. The van der Waals surface area contributed by atoms with Gasteiger partial charge in [-0.2, -0.15) is 0 Å². The summed E-state index contributed by atoms with van der Waals surface area (Å²) in [6.07, 6.45) is 16.8. The SMILES string of the molecule is C=CC(=C/CNc1cccc(CC=C2/C(=C\C)c3ccccc3C2(C)C)c1)/C(C=C)=C(/C=C\C)CC. The summed E-state index contributed by atoms with van der Waals surface area (Å²) in [4.78, 5) is 0. The van der Waals surface area contributed by atoms with Gasteiger partial charge in [0.05, 0.1) is 0 Å². The summed E-state index contributed by atoms with van der Waals surface area (Å²) in [6, 6.07) is 17.5. The molecule has 3 rings (SSSR count). The van der Waals surface area contributed by atoms with Crippen LogP contribution in [0.25, 0.3) is 5.57 Å². The molecule has 1 aliphatic rings. The van der Waals surface area contributed by atoms with Crippen molar-refractivity contribution in [1.29, 1.82) is 0 Å². The predicted molar refractivity (Wildman–Crippen MR) is 160 cm³/mol. The molecule has 0 saturated carbocycles. The lowest BCUT2D eigenvalue weighted by atomic mass is 9.81. The first kappa shape index (κ1) is 27.0. The number of fused-ring (bicyclic) bond motifs is 1. The Hall–Kier alpha value is -3.58. The minimum atomic E-state index is 0.0147. The average Bonchev–Trinajstić information content (AvgIpc) is 3.12. The van der Waals surface area contributed by atoms with E-state index in [0.29, 0.717) is 0 Å². The van der Waals surface area contributed by atoms with Crippen molar-refractivity contribution in [2.24, 2.45) is 0 Å². The third kappa shape index (κ3) is 5.79. The van der Waals surface area contributed by atoms with E-state index in [1.165, 1.54) is 33.4 Å². The van der Waals surface area contributed by atoms with Gasteiger partial charge in [-0.05, 0) is 83.4 Å². The number of nitrogens with one attached hydrogen (secondary N) is 1. The van der Waals surface area contributed by atoms with Gasteiger partial charge < -0.3 is 5.32 Å². The summed E-state index contributed by atoms with van der Waals surface area (Å²) in [6.45, 7) is 19.8. The summed E-state index contributed by atoms with van der Waals surface area (Å²) < 4.78 is 0. The van der Waals surface area contributed by atoms with Crippen LogP contribution in [0.15, 0.2) is 127 Å². The Balaban J connectivity index is 1.77. The standard InChI is InChI=1S/C35H41N/c1-8-16-27(9-2)30(11-4)28(10-3)23-24-36-29-18-15-17-26(25-29)21-22-34-31(12-5)32-19-13-14-20-33(32)35(34,6)7/h8,10-20,22-23,25,36H,3-4,9,21,24H2,1-2,5-7H3/b16-8-,28-23-,30-27+,31-12-,34-22?. The first-order valence-corrected chi connectivity index (χ1v) is 13.0. The Morgan fingerprint density at radius 1 is 1.00 bits per heavy atom. The van der Waals surface area contributed by atoms with Gasteiger partial charge in [-0.3, -0.25) is 0 Å². The van der Waals surface area contributed by atoms with Crippen molar-refractivity contribution in [3.8, 4) is 0 Å². The molecule has 0 atom stereocenters. The number of benzene rings is 2. The maximum Gasteiger partial charge on any atom is 0.0345 e. The Morgan fingerprint density at radius 3 is 2.44 bits per heavy atom. The second-order valence-corrected chi connectivity index (χ2v) is 9.64. The van der Waals surface area contributed by atoms with E-state index in [2.05, 4.69) is 125 Å². The van der Waals surface area contributed by atoms with Crippen molar-refractivity contribution in [3.05, 3.63) is 143 Å². The first-order chi connectivity index (χ1) is 17.4. The number of hydrogen-bond donors (Lipinski definition) is 1.